The van der Waals surface area contributed by atoms with Gasteiger partial charge in [-0.25, -0.2) is 8.42 Å². The van der Waals surface area contributed by atoms with Gasteiger partial charge in [-0.3, -0.25) is 4.79 Å². The SMILES string of the molecule is CC[C@H](CO)NC(=O)CCS(=O)(=O)c1ccccc1. The van der Waals surface area contributed by atoms with E-state index in [0.29, 0.717) is 6.42 Å². The Balaban J connectivity index is 2.55. The topological polar surface area (TPSA) is 83.5 Å². The molecule has 0 fully saturated rings. The highest BCUT2D eigenvalue weighted by atomic mass is 32.2. The van der Waals surface area contributed by atoms with E-state index in [-0.39, 0.29) is 35.6 Å². The fraction of sp³-hybridized carbons (Fsp3) is 0.462. The van der Waals surface area contributed by atoms with Gasteiger partial charge in [0.1, 0.15) is 0 Å². The van der Waals surface area contributed by atoms with Gasteiger partial charge >= 0.3 is 0 Å². The Morgan fingerprint density at radius 1 is 1.32 bits per heavy atom. The van der Waals surface area contributed by atoms with Crippen molar-refractivity contribution in [1.29, 1.82) is 0 Å². The van der Waals surface area contributed by atoms with E-state index in [1.165, 1.54) is 12.1 Å². The summed E-state index contributed by atoms with van der Waals surface area (Å²) in [6.07, 6.45) is 0.501. The van der Waals surface area contributed by atoms with Crippen molar-refractivity contribution in [1.82, 2.24) is 5.32 Å². The summed E-state index contributed by atoms with van der Waals surface area (Å²) in [5, 5.41) is 11.5. The minimum absolute atomic E-state index is 0.103. The van der Waals surface area contributed by atoms with Gasteiger partial charge in [-0.15, -0.1) is 0 Å². The maximum Gasteiger partial charge on any atom is 0.221 e. The van der Waals surface area contributed by atoms with E-state index in [9.17, 15) is 13.2 Å². The summed E-state index contributed by atoms with van der Waals surface area (Å²) in [4.78, 5) is 11.8. The molecular formula is C13H19NO4S. The number of aliphatic hydroxyl groups is 1. The summed E-state index contributed by atoms with van der Waals surface area (Å²) in [6.45, 7) is 1.69. The summed E-state index contributed by atoms with van der Waals surface area (Å²) >= 11 is 0. The largest absolute Gasteiger partial charge is 0.394 e. The first-order valence-electron chi connectivity index (χ1n) is 6.17. The van der Waals surface area contributed by atoms with Crippen molar-refractivity contribution >= 4 is 15.7 Å². The molecule has 0 bridgehead atoms. The quantitative estimate of drug-likeness (QED) is 0.774. The van der Waals surface area contributed by atoms with Gasteiger partial charge < -0.3 is 10.4 Å². The molecule has 0 heterocycles. The number of aliphatic hydroxyl groups excluding tert-OH is 1. The zero-order valence-electron chi connectivity index (χ0n) is 10.9. The standard InChI is InChI=1S/C13H19NO4S/c1-2-11(10-15)14-13(16)8-9-19(17,18)12-6-4-3-5-7-12/h3-7,11,15H,2,8-10H2,1H3,(H,14,16)/t11-/m1/s1. The molecule has 0 aliphatic heterocycles. The van der Waals surface area contributed by atoms with Gasteiger partial charge in [0.05, 0.1) is 23.3 Å². The highest BCUT2D eigenvalue weighted by molar-refractivity contribution is 7.91. The second-order valence-electron chi connectivity index (χ2n) is 4.24. The first-order chi connectivity index (χ1) is 8.99. The molecule has 0 aromatic heterocycles. The van der Waals surface area contributed by atoms with Gasteiger partial charge in [-0.05, 0) is 18.6 Å². The summed E-state index contributed by atoms with van der Waals surface area (Å²) in [7, 11) is -3.43. The predicted molar refractivity (Wildman–Crippen MR) is 72.4 cm³/mol. The van der Waals surface area contributed by atoms with Crippen LogP contribution in [-0.2, 0) is 14.6 Å². The molecule has 106 valence electrons. The fourth-order valence-corrected chi connectivity index (χ4v) is 2.81. The van der Waals surface area contributed by atoms with Crippen LogP contribution in [0.2, 0.25) is 0 Å². The molecule has 0 saturated heterocycles. The molecule has 6 heteroatoms. The Kier molecular flexibility index (Phi) is 5.98. The van der Waals surface area contributed by atoms with Crippen molar-refractivity contribution < 1.29 is 18.3 Å². The van der Waals surface area contributed by atoms with Crippen LogP contribution in [-0.4, -0.2) is 37.8 Å². The third-order valence-corrected chi connectivity index (χ3v) is 4.51. The van der Waals surface area contributed by atoms with Crippen molar-refractivity contribution in [2.24, 2.45) is 0 Å². The third-order valence-electron chi connectivity index (χ3n) is 2.78. The lowest BCUT2D eigenvalue weighted by Gasteiger charge is -2.13. The van der Waals surface area contributed by atoms with Crippen molar-refractivity contribution in [3.05, 3.63) is 30.3 Å². The van der Waals surface area contributed by atoms with Crippen LogP contribution < -0.4 is 5.32 Å². The molecular weight excluding hydrogens is 266 g/mol. The maximum absolute atomic E-state index is 11.9. The van der Waals surface area contributed by atoms with Crippen molar-refractivity contribution in [3.8, 4) is 0 Å². The highest BCUT2D eigenvalue weighted by Gasteiger charge is 2.17. The van der Waals surface area contributed by atoms with Crippen LogP contribution in [0.5, 0.6) is 0 Å². The molecule has 2 N–H and O–H groups in total. The average molecular weight is 285 g/mol. The second kappa shape index (κ2) is 7.25. The number of hydrogen-bond donors (Lipinski definition) is 2. The summed E-state index contributed by atoms with van der Waals surface area (Å²) in [5.41, 5.74) is 0. The monoisotopic (exact) mass is 285 g/mol. The normalized spacial score (nSPS) is 12.9. The van der Waals surface area contributed by atoms with Crippen LogP contribution in [0, 0.1) is 0 Å². The highest BCUT2D eigenvalue weighted by Crippen LogP contribution is 2.11. The van der Waals surface area contributed by atoms with Crippen LogP contribution in [0.15, 0.2) is 35.2 Å². The van der Waals surface area contributed by atoms with E-state index >= 15 is 0 Å². The first kappa shape index (κ1) is 15.7. The smallest absolute Gasteiger partial charge is 0.221 e. The summed E-state index contributed by atoms with van der Waals surface area (Å²) in [5.74, 6) is -0.592. The average Bonchev–Trinajstić information content (AvgIpc) is 2.43. The Morgan fingerprint density at radius 2 is 1.95 bits per heavy atom. The van der Waals surface area contributed by atoms with Crippen LogP contribution >= 0.6 is 0 Å². The fourth-order valence-electron chi connectivity index (χ4n) is 1.55. The van der Waals surface area contributed by atoms with Gasteiger partial charge in [0.2, 0.25) is 5.91 Å². The lowest BCUT2D eigenvalue weighted by atomic mass is 10.2. The molecule has 0 aliphatic carbocycles. The third kappa shape index (κ3) is 5.00. The van der Waals surface area contributed by atoms with E-state index in [4.69, 9.17) is 5.11 Å². The van der Waals surface area contributed by atoms with E-state index < -0.39 is 9.84 Å². The number of hydrogen-bond acceptors (Lipinski definition) is 4. The lowest BCUT2D eigenvalue weighted by Crippen LogP contribution is -2.37. The Labute approximate surface area is 113 Å². The first-order valence-corrected chi connectivity index (χ1v) is 7.83. The van der Waals surface area contributed by atoms with E-state index in [2.05, 4.69) is 5.32 Å². The molecule has 19 heavy (non-hydrogen) atoms. The summed E-state index contributed by atoms with van der Waals surface area (Å²) < 4.78 is 23.9. The predicted octanol–water partition coefficient (Wildman–Crippen LogP) is 0.737. The van der Waals surface area contributed by atoms with Gasteiger partial charge in [0, 0.05) is 6.42 Å². The van der Waals surface area contributed by atoms with Crippen molar-refractivity contribution in [2.75, 3.05) is 12.4 Å². The Bertz CT molecular complexity index is 495. The number of rotatable bonds is 7. The van der Waals surface area contributed by atoms with E-state index in [0.717, 1.165) is 0 Å². The summed E-state index contributed by atoms with van der Waals surface area (Å²) in [6, 6.07) is 7.73. The number of carbonyl (C=O) groups excluding carboxylic acids is 1. The number of sulfone groups is 1. The molecule has 1 aromatic rings. The second-order valence-corrected chi connectivity index (χ2v) is 6.35. The molecule has 0 saturated carbocycles. The molecule has 5 nitrogen and oxygen atoms in total. The van der Waals surface area contributed by atoms with Gasteiger partial charge in [0.15, 0.2) is 9.84 Å². The van der Waals surface area contributed by atoms with Crippen LogP contribution in [0.4, 0.5) is 0 Å². The molecule has 1 amide bonds. The molecule has 1 rings (SSSR count). The molecule has 0 spiro atoms. The van der Waals surface area contributed by atoms with Gasteiger partial charge in [-0.1, -0.05) is 25.1 Å². The minimum Gasteiger partial charge on any atom is -0.394 e. The molecule has 0 unspecified atom stereocenters. The molecule has 0 radical (unpaired) electrons. The van der Waals surface area contributed by atoms with Crippen molar-refractivity contribution in [3.63, 3.8) is 0 Å². The Hall–Kier alpha value is -1.40. The van der Waals surface area contributed by atoms with Crippen molar-refractivity contribution in [2.45, 2.75) is 30.7 Å². The zero-order chi connectivity index (χ0) is 14.3. The van der Waals surface area contributed by atoms with E-state index in [1.54, 1.807) is 18.2 Å². The van der Waals surface area contributed by atoms with Gasteiger partial charge in [0.25, 0.3) is 0 Å². The van der Waals surface area contributed by atoms with Crippen LogP contribution in [0.25, 0.3) is 0 Å². The Morgan fingerprint density at radius 3 is 2.47 bits per heavy atom. The number of carbonyl (C=O) groups is 1. The van der Waals surface area contributed by atoms with Gasteiger partial charge in [-0.2, -0.15) is 0 Å². The number of nitrogens with one attached hydrogen (secondary N) is 1. The van der Waals surface area contributed by atoms with Crippen LogP contribution in [0.1, 0.15) is 19.8 Å². The minimum atomic E-state index is -3.43. The molecule has 1 aromatic carbocycles. The van der Waals surface area contributed by atoms with Crippen LogP contribution in [0.3, 0.4) is 0 Å². The number of benzene rings is 1. The molecule has 1 atom stereocenters. The molecule has 0 aliphatic rings. The van der Waals surface area contributed by atoms with E-state index in [1.807, 2.05) is 6.92 Å². The lowest BCUT2D eigenvalue weighted by molar-refractivity contribution is -0.121. The zero-order valence-corrected chi connectivity index (χ0v) is 11.7. The number of amides is 1. The maximum atomic E-state index is 11.9.